The van der Waals surface area contributed by atoms with Crippen molar-refractivity contribution in [3.05, 3.63) is 28.2 Å². The van der Waals surface area contributed by atoms with Crippen LogP contribution < -0.4 is 5.32 Å². The van der Waals surface area contributed by atoms with E-state index in [1.54, 1.807) is 0 Å². The largest absolute Gasteiger partial charge is 0.316 e. The Morgan fingerprint density at radius 2 is 2.38 bits per heavy atom. The molecule has 1 aliphatic rings. The summed E-state index contributed by atoms with van der Waals surface area (Å²) in [4.78, 5) is 1.42. The fraction of sp³-hybridized carbons (Fsp3) is 0.538. The Morgan fingerprint density at radius 3 is 3.06 bits per heavy atom. The molecule has 1 saturated heterocycles. The van der Waals surface area contributed by atoms with E-state index in [1.807, 2.05) is 11.8 Å². The molecule has 1 atom stereocenters. The summed E-state index contributed by atoms with van der Waals surface area (Å²) in [5.74, 6) is 0.804. The number of benzene rings is 1. The van der Waals surface area contributed by atoms with Crippen LogP contribution in [0.4, 0.5) is 0 Å². The van der Waals surface area contributed by atoms with Crippen LogP contribution in [-0.2, 0) is 6.42 Å². The number of halogens is 1. The highest BCUT2D eigenvalue weighted by molar-refractivity contribution is 9.10. The van der Waals surface area contributed by atoms with Crippen LogP contribution >= 0.6 is 27.7 Å². The van der Waals surface area contributed by atoms with Crippen LogP contribution in [0.15, 0.2) is 27.6 Å². The molecule has 0 spiro atoms. The maximum absolute atomic E-state index is 3.68. The van der Waals surface area contributed by atoms with Gasteiger partial charge in [0.1, 0.15) is 0 Å². The maximum atomic E-state index is 3.68. The zero-order valence-electron chi connectivity index (χ0n) is 9.63. The van der Waals surface area contributed by atoms with Crippen molar-refractivity contribution in [1.82, 2.24) is 5.32 Å². The highest BCUT2D eigenvalue weighted by Gasteiger charge is 2.16. The standard InChI is InChI=1S/C13H18BrNS/c1-16-13-6-2-5-12(14)11(13)8-10-4-3-7-15-9-10/h2,5-6,10,15H,3-4,7-9H2,1H3. The molecule has 1 heterocycles. The third kappa shape index (κ3) is 3.02. The van der Waals surface area contributed by atoms with E-state index in [9.17, 15) is 0 Å². The molecule has 0 radical (unpaired) electrons. The topological polar surface area (TPSA) is 12.0 Å². The summed E-state index contributed by atoms with van der Waals surface area (Å²) in [7, 11) is 0. The molecule has 88 valence electrons. The summed E-state index contributed by atoms with van der Waals surface area (Å²) in [5, 5.41) is 3.49. The number of rotatable bonds is 3. The highest BCUT2D eigenvalue weighted by atomic mass is 79.9. The highest BCUT2D eigenvalue weighted by Crippen LogP contribution is 2.30. The number of piperidine rings is 1. The van der Waals surface area contributed by atoms with Gasteiger partial charge >= 0.3 is 0 Å². The van der Waals surface area contributed by atoms with Gasteiger partial charge in [-0.3, -0.25) is 0 Å². The van der Waals surface area contributed by atoms with Crippen LogP contribution in [0.3, 0.4) is 0 Å². The predicted molar refractivity (Wildman–Crippen MR) is 75.2 cm³/mol. The summed E-state index contributed by atoms with van der Waals surface area (Å²) < 4.78 is 1.27. The van der Waals surface area contributed by atoms with Gasteiger partial charge in [-0.25, -0.2) is 0 Å². The van der Waals surface area contributed by atoms with Gasteiger partial charge in [0.05, 0.1) is 0 Å². The zero-order valence-corrected chi connectivity index (χ0v) is 12.0. The van der Waals surface area contributed by atoms with E-state index < -0.39 is 0 Å². The minimum atomic E-state index is 0.804. The molecule has 3 heteroatoms. The first-order chi connectivity index (χ1) is 7.81. The minimum Gasteiger partial charge on any atom is -0.316 e. The molecular formula is C13H18BrNS. The first kappa shape index (κ1) is 12.5. The van der Waals surface area contributed by atoms with Crippen molar-refractivity contribution >= 4 is 27.7 Å². The Bertz CT molecular complexity index is 348. The van der Waals surface area contributed by atoms with Crippen molar-refractivity contribution in [2.45, 2.75) is 24.2 Å². The third-order valence-electron chi connectivity index (χ3n) is 3.19. The lowest BCUT2D eigenvalue weighted by Gasteiger charge is -2.24. The van der Waals surface area contributed by atoms with Gasteiger partial charge in [-0.1, -0.05) is 22.0 Å². The number of nitrogens with one attached hydrogen (secondary N) is 1. The lowest BCUT2D eigenvalue weighted by molar-refractivity contribution is 0.374. The number of thioether (sulfide) groups is 1. The maximum Gasteiger partial charge on any atom is 0.0218 e. The van der Waals surface area contributed by atoms with Crippen LogP contribution in [0.2, 0.25) is 0 Å². The quantitative estimate of drug-likeness (QED) is 0.854. The van der Waals surface area contributed by atoms with E-state index in [0.717, 1.165) is 5.92 Å². The van der Waals surface area contributed by atoms with Gasteiger partial charge in [0.25, 0.3) is 0 Å². The van der Waals surface area contributed by atoms with Gasteiger partial charge in [-0.05, 0) is 62.2 Å². The predicted octanol–water partition coefficient (Wildman–Crippen LogP) is 3.71. The van der Waals surface area contributed by atoms with Crippen molar-refractivity contribution < 1.29 is 0 Å². The van der Waals surface area contributed by atoms with E-state index in [0.29, 0.717) is 0 Å². The van der Waals surface area contributed by atoms with Gasteiger partial charge in [0.2, 0.25) is 0 Å². The molecule has 2 rings (SSSR count). The molecule has 0 aromatic heterocycles. The van der Waals surface area contributed by atoms with E-state index in [-0.39, 0.29) is 0 Å². The zero-order chi connectivity index (χ0) is 11.4. The Balaban J connectivity index is 2.12. The molecular weight excluding hydrogens is 282 g/mol. The second kappa shape index (κ2) is 6.08. The van der Waals surface area contributed by atoms with Crippen molar-refractivity contribution in [3.63, 3.8) is 0 Å². The monoisotopic (exact) mass is 299 g/mol. The SMILES string of the molecule is CSc1cccc(Br)c1CC1CCCNC1. The normalized spacial score (nSPS) is 21.0. The van der Waals surface area contributed by atoms with Crippen molar-refractivity contribution in [2.75, 3.05) is 19.3 Å². The molecule has 1 N–H and O–H groups in total. The Morgan fingerprint density at radius 1 is 1.50 bits per heavy atom. The van der Waals surface area contributed by atoms with Crippen LogP contribution in [-0.4, -0.2) is 19.3 Å². The summed E-state index contributed by atoms with van der Waals surface area (Å²) >= 11 is 5.53. The van der Waals surface area contributed by atoms with E-state index in [4.69, 9.17) is 0 Å². The summed E-state index contributed by atoms with van der Waals surface area (Å²) in [6.45, 7) is 2.37. The molecule has 1 fully saturated rings. The molecule has 0 saturated carbocycles. The molecule has 1 aliphatic heterocycles. The number of hydrogen-bond donors (Lipinski definition) is 1. The van der Waals surface area contributed by atoms with Crippen LogP contribution in [0.5, 0.6) is 0 Å². The molecule has 1 nitrogen and oxygen atoms in total. The van der Waals surface area contributed by atoms with Crippen LogP contribution in [0, 0.1) is 5.92 Å². The molecule has 16 heavy (non-hydrogen) atoms. The Kier molecular flexibility index (Phi) is 4.74. The molecule has 0 amide bonds. The average molecular weight is 300 g/mol. The van der Waals surface area contributed by atoms with E-state index >= 15 is 0 Å². The van der Waals surface area contributed by atoms with Crippen LogP contribution in [0.25, 0.3) is 0 Å². The van der Waals surface area contributed by atoms with E-state index in [2.05, 4.69) is 45.7 Å². The number of hydrogen-bond acceptors (Lipinski definition) is 2. The van der Waals surface area contributed by atoms with Crippen LogP contribution in [0.1, 0.15) is 18.4 Å². The van der Waals surface area contributed by atoms with Gasteiger partial charge in [-0.2, -0.15) is 0 Å². The summed E-state index contributed by atoms with van der Waals surface area (Å²) in [5.41, 5.74) is 1.49. The fourth-order valence-electron chi connectivity index (χ4n) is 2.32. The van der Waals surface area contributed by atoms with E-state index in [1.165, 1.54) is 47.3 Å². The second-order valence-corrected chi connectivity index (χ2v) is 6.04. The Labute approximate surface area is 111 Å². The van der Waals surface area contributed by atoms with Crippen molar-refractivity contribution in [3.8, 4) is 0 Å². The third-order valence-corrected chi connectivity index (χ3v) is 4.75. The smallest absolute Gasteiger partial charge is 0.0218 e. The Hall–Kier alpha value is 0.01000. The lowest BCUT2D eigenvalue weighted by atomic mass is 9.92. The van der Waals surface area contributed by atoms with Gasteiger partial charge in [-0.15, -0.1) is 11.8 Å². The van der Waals surface area contributed by atoms with Crippen molar-refractivity contribution in [2.24, 2.45) is 5.92 Å². The first-order valence-corrected chi connectivity index (χ1v) is 7.85. The summed E-state index contributed by atoms with van der Waals surface area (Å²) in [6, 6.07) is 6.50. The lowest BCUT2D eigenvalue weighted by Crippen LogP contribution is -2.31. The molecule has 1 aromatic carbocycles. The van der Waals surface area contributed by atoms with Gasteiger partial charge in [0, 0.05) is 9.37 Å². The molecule has 0 bridgehead atoms. The molecule has 0 aliphatic carbocycles. The summed E-state index contributed by atoms with van der Waals surface area (Å²) in [6.07, 6.45) is 6.04. The van der Waals surface area contributed by atoms with Crippen molar-refractivity contribution in [1.29, 1.82) is 0 Å². The van der Waals surface area contributed by atoms with Gasteiger partial charge < -0.3 is 5.32 Å². The molecule has 1 aromatic rings. The average Bonchev–Trinajstić information content (AvgIpc) is 2.33. The first-order valence-electron chi connectivity index (χ1n) is 5.83. The second-order valence-electron chi connectivity index (χ2n) is 4.34. The fourth-order valence-corrected chi connectivity index (χ4v) is 3.63. The molecule has 1 unspecified atom stereocenters. The minimum absolute atomic E-state index is 0.804. The van der Waals surface area contributed by atoms with Gasteiger partial charge in [0.15, 0.2) is 0 Å².